The number of carbonyl (C=O) groups excluding carboxylic acids is 1. The Hall–Kier alpha value is -0.610. The number of aliphatic hydroxyl groups excluding tert-OH is 1. The van der Waals surface area contributed by atoms with E-state index in [1.165, 1.54) is 0 Å². The SMILES string of the molecule is CC1CCC(CN)(C(=O)N2CCCCCC2CO)CC1. The van der Waals surface area contributed by atoms with E-state index in [1.807, 2.05) is 4.90 Å². The van der Waals surface area contributed by atoms with Crippen LogP contribution in [-0.4, -0.2) is 41.7 Å². The minimum Gasteiger partial charge on any atom is -0.394 e. The van der Waals surface area contributed by atoms with Gasteiger partial charge < -0.3 is 15.7 Å². The third kappa shape index (κ3) is 3.17. The van der Waals surface area contributed by atoms with Gasteiger partial charge in [0.1, 0.15) is 0 Å². The largest absolute Gasteiger partial charge is 0.394 e. The van der Waals surface area contributed by atoms with E-state index in [2.05, 4.69) is 6.92 Å². The van der Waals surface area contributed by atoms with Crippen LogP contribution in [0.5, 0.6) is 0 Å². The summed E-state index contributed by atoms with van der Waals surface area (Å²) in [5.74, 6) is 0.924. The van der Waals surface area contributed by atoms with E-state index in [0.717, 1.165) is 57.9 Å². The zero-order chi connectivity index (χ0) is 14.6. The van der Waals surface area contributed by atoms with Crippen molar-refractivity contribution in [1.82, 2.24) is 4.90 Å². The second-order valence-electron chi connectivity index (χ2n) is 6.85. The van der Waals surface area contributed by atoms with E-state index < -0.39 is 0 Å². The molecule has 1 unspecified atom stereocenters. The predicted molar refractivity (Wildman–Crippen MR) is 80.2 cm³/mol. The molecule has 1 heterocycles. The molecule has 4 heteroatoms. The Labute approximate surface area is 122 Å². The van der Waals surface area contributed by atoms with Crippen molar-refractivity contribution in [2.75, 3.05) is 19.7 Å². The number of carbonyl (C=O) groups is 1. The minimum absolute atomic E-state index is 0.00720. The van der Waals surface area contributed by atoms with Crippen LogP contribution in [0.4, 0.5) is 0 Å². The number of rotatable bonds is 3. The van der Waals surface area contributed by atoms with Crippen LogP contribution in [0, 0.1) is 11.3 Å². The van der Waals surface area contributed by atoms with Gasteiger partial charge in [-0.15, -0.1) is 0 Å². The van der Waals surface area contributed by atoms with Crippen molar-refractivity contribution in [1.29, 1.82) is 0 Å². The van der Waals surface area contributed by atoms with Gasteiger partial charge in [0.05, 0.1) is 18.1 Å². The highest BCUT2D eigenvalue weighted by molar-refractivity contribution is 5.83. The summed E-state index contributed by atoms with van der Waals surface area (Å²) in [6, 6.07) is 0.00720. The first-order valence-corrected chi connectivity index (χ1v) is 8.25. The molecule has 0 spiro atoms. The van der Waals surface area contributed by atoms with Gasteiger partial charge in [0.2, 0.25) is 5.91 Å². The molecule has 0 radical (unpaired) electrons. The number of likely N-dealkylation sites (tertiary alicyclic amines) is 1. The molecule has 20 heavy (non-hydrogen) atoms. The van der Waals surface area contributed by atoms with E-state index in [-0.39, 0.29) is 24.0 Å². The molecule has 0 aromatic carbocycles. The fraction of sp³-hybridized carbons (Fsp3) is 0.938. The van der Waals surface area contributed by atoms with Crippen molar-refractivity contribution in [2.24, 2.45) is 17.1 Å². The third-order valence-corrected chi connectivity index (χ3v) is 5.42. The lowest BCUT2D eigenvalue weighted by Gasteiger charge is -2.42. The number of nitrogens with zero attached hydrogens (tertiary/aromatic N) is 1. The summed E-state index contributed by atoms with van der Waals surface area (Å²) in [4.78, 5) is 15.0. The summed E-state index contributed by atoms with van der Waals surface area (Å²) in [7, 11) is 0. The van der Waals surface area contributed by atoms with Crippen LogP contribution in [0.2, 0.25) is 0 Å². The number of nitrogens with two attached hydrogens (primary N) is 1. The summed E-state index contributed by atoms with van der Waals surface area (Å²) in [5.41, 5.74) is 5.65. The molecule has 1 amide bonds. The van der Waals surface area contributed by atoms with Crippen LogP contribution in [0.1, 0.15) is 58.3 Å². The molecule has 4 nitrogen and oxygen atoms in total. The van der Waals surface area contributed by atoms with Crippen molar-refractivity contribution >= 4 is 5.91 Å². The normalized spacial score (nSPS) is 35.6. The lowest BCUT2D eigenvalue weighted by Crippen LogP contribution is -2.53. The number of hydrogen-bond acceptors (Lipinski definition) is 3. The molecule has 3 N–H and O–H groups in total. The molecule has 1 aliphatic heterocycles. The van der Waals surface area contributed by atoms with Crippen LogP contribution in [0.15, 0.2) is 0 Å². The van der Waals surface area contributed by atoms with Gasteiger partial charge in [-0.1, -0.05) is 19.8 Å². The molecule has 0 aromatic heterocycles. The maximum Gasteiger partial charge on any atom is 0.230 e. The van der Waals surface area contributed by atoms with Gasteiger partial charge in [-0.3, -0.25) is 4.79 Å². The molecule has 116 valence electrons. The van der Waals surface area contributed by atoms with Crippen LogP contribution in [-0.2, 0) is 4.79 Å². The molecule has 0 aromatic rings. The second kappa shape index (κ2) is 6.90. The first kappa shape index (κ1) is 15.8. The first-order chi connectivity index (χ1) is 9.63. The fourth-order valence-corrected chi connectivity index (χ4v) is 3.76. The Bertz CT molecular complexity index is 324. The van der Waals surface area contributed by atoms with Crippen LogP contribution < -0.4 is 5.73 Å². The lowest BCUT2D eigenvalue weighted by atomic mass is 9.69. The Kier molecular flexibility index (Phi) is 5.44. The highest BCUT2D eigenvalue weighted by Crippen LogP contribution is 2.40. The highest BCUT2D eigenvalue weighted by Gasteiger charge is 2.43. The lowest BCUT2D eigenvalue weighted by molar-refractivity contribution is -0.147. The van der Waals surface area contributed by atoms with Gasteiger partial charge in [0.25, 0.3) is 0 Å². The monoisotopic (exact) mass is 282 g/mol. The molecule has 2 rings (SSSR count). The van der Waals surface area contributed by atoms with Gasteiger partial charge in [-0.25, -0.2) is 0 Å². The van der Waals surface area contributed by atoms with E-state index >= 15 is 0 Å². The number of hydrogen-bond donors (Lipinski definition) is 2. The zero-order valence-electron chi connectivity index (χ0n) is 12.8. The van der Waals surface area contributed by atoms with Crippen molar-refractivity contribution in [3.8, 4) is 0 Å². The van der Waals surface area contributed by atoms with Gasteiger partial charge in [0, 0.05) is 13.1 Å². The van der Waals surface area contributed by atoms with Crippen molar-refractivity contribution in [3.63, 3.8) is 0 Å². The summed E-state index contributed by atoms with van der Waals surface area (Å²) in [6.07, 6.45) is 8.28. The van der Waals surface area contributed by atoms with Crippen molar-refractivity contribution < 1.29 is 9.90 Å². The van der Waals surface area contributed by atoms with Gasteiger partial charge in [-0.05, 0) is 44.4 Å². The standard InChI is InChI=1S/C16H30N2O2/c1-13-6-8-16(12-17,9-7-13)15(20)18-10-4-2-3-5-14(18)11-19/h13-14,19H,2-12,17H2,1H3. The average molecular weight is 282 g/mol. The van der Waals surface area contributed by atoms with Crippen LogP contribution >= 0.6 is 0 Å². The molecule has 0 bridgehead atoms. The fourth-order valence-electron chi connectivity index (χ4n) is 3.76. The Morgan fingerprint density at radius 2 is 1.95 bits per heavy atom. The molecule has 1 saturated carbocycles. The molecule has 1 atom stereocenters. The minimum atomic E-state index is -0.357. The molecular weight excluding hydrogens is 252 g/mol. The molecule has 1 saturated heterocycles. The Balaban J connectivity index is 2.13. The average Bonchev–Trinajstić information content (AvgIpc) is 2.72. The smallest absolute Gasteiger partial charge is 0.230 e. The van der Waals surface area contributed by atoms with E-state index in [1.54, 1.807) is 0 Å². The van der Waals surface area contributed by atoms with E-state index in [9.17, 15) is 9.90 Å². The van der Waals surface area contributed by atoms with Gasteiger partial charge >= 0.3 is 0 Å². The van der Waals surface area contributed by atoms with Crippen LogP contribution in [0.25, 0.3) is 0 Å². The molecular formula is C16H30N2O2. The van der Waals surface area contributed by atoms with Gasteiger partial charge in [0.15, 0.2) is 0 Å². The van der Waals surface area contributed by atoms with Crippen molar-refractivity contribution in [3.05, 3.63) is 0 Å². The second-order valence-corrected chi connectivity index (χ2v) is 6.85. The summed E-state index contributed by atoms with van der Waals surface area (Å²) in [6.45, 7) is 3.59. The third-order valence-electron chi connectivity index (χ3n) is 5.42. The first-order valence-electron chi connectivity index (χ1n) is 8.25. The zero-order valence-corrected chi connectivity index (χ0v) is 12.8. The number of amides is 1. The molecule has 1 aliphatic carbocycles. The van der Waals surface area contributed by atoms with Crippen LogP contribution in [0.3, 0.4) is 0 Å². The quantitative estimate of drug-likeness (QED) is 0.831. The maximum atomic E-state index is 13.1. The maximum absolute atomic E-state index is 13.1. The topological polar surface area (TPSA) is 66.6 Å². The summed E-state index contributed by atoms with van der Waals surface area (Å²) >= 11 is 0. The highest BCUT2D eigenvalue weighted by atomic mass is 16.3. The summed E-state index contributed by atoms with van der Waals surface area (Å²) in [5, 5.41) is 9.61. The van der Waals surface area contributed by atoms with Crippen molar-refractivity contribution in [2.45, 2.75) is 64.3 Å². The summed E-state index contributed by atoms with van der Waals surface area (Å²) < 4.78 is 0. The molecule has 2 fully saturated rings. The van der Waals surface area contributed by atoms with Gasteiger partial charge in [-0.2, -0.15) is 0 Å². The Morgan fingerprint density at radius 1 is 1.25 bits per heavy atom. The van der Waals surface area contributed by atoms with E-state index in [0.29, 0.717) is 12.5 Å². The number of aliphatic hydroxyl groups is 1. The molecule has 2 aliphatic rings. The Morgan fingerprint density at radius 3 is 2.55 bits per heavy atom. The van der Waals surface area contributed by atoms with E-state index in [4.69, 9.17) is 5.73 Å². The predicted octanol–water partition coefficient (Wildman–Crippen LogP) is 1.91.